The van der Waals surface area contributed by atoms with E-state index in [1.54, 1.807) is 11.2 Å². The first-order valence-electron chi connectivity index (χ1n) is 8.43. The summed E-state index contributed by atoms with van der Waals surface area (Å²) in [5.41, 5.74) is 1.53. The van der Waals surface area contributed by atoms with Crippen LogP contribution in [0.1, 0.15) is 61.8 Å². The maximum atomic E-state index is 4.59. The maximum absolute atomic E-state index is 4.59. The minimum absolute atomic E-state index is 0.598. The van der Waals surface area contributed by atoms with E-state index in [0.717, 1.165) is 5.82 Å². The van der Waals surface area contributed by atoms with Gasteiger partial charge in [-0.15, -0.1) is 11.3 Å². The third-order valence-electron chi connectivity index (χ3n) is 4.95. The van der Waals surface area contributed by atoms with Crippen molar-refractivity contribution in [1.82, 2.24) is 9.97 Å². The first-order valence-corrected chi connectivity index (χ1v) is 9.25. The van der Waals surface area contributed by atoms with Gasteiger partial charge in [0.25, 0.3) is 0 Å². The Hall–Kier alpha value is -1.16. The second-order valence-corrected chi connectivity index (χ2v) is 7.53. The number of anilines is 1. The predicted octanol–water partition coefficient (Wildman–Crippen LogP) is 4.70. The Balaban J connectivity index is 1.63. The zero-order chi connectivity index (χ0) is 14.1. The van der Waals surface area contributed by atoms with Crippen molar-refractivity contribution in [2.45, 2.75) is 70.3 Å². The highest BCUT2D eigenvalue weighted by Gasteiger charge is 2.22. The summed E-state index contributed by atoms with van der Waals surface area (Å²) in [6, 6.07) is 0.598. The van der Waals surface area contributed by atoms with E-state index in [1.807, 2.05) is 11.3 Å². The summed E-state index contributed by atoms with van der Waals surface area (Å²) in [6.07, 6.45) is 15.0. The van der Waals surface area contributed by atoms with Crippen LogP contribution >= 0.6 is 11.3 Å². The third kappa shape index (κ3) is 2.66. The number of thiophene rings is 1. The molecule has 2 aliphatic carbocycles. The van der Waals surface area contributed by atoms with Crippen molar-refractivity contribution >= 4 is 27.4 Å². The molecule has 3 nitrogen and oxygen atoms in total. The van der Waals surface area contributed by atoms with Crippen LogP contribution in [0, 0.1) is 0 Å². The van der Waals surface area contributed by atoms with Gasteiger partial charge in [0.15, 0.2) is 0 Å². The molecule has 2 aromatic rings. The standard InChI is InChI=1S/C17H23N3S/c1-2-4-7-12(8-5-3-1)20-16-15-13-9-6-10-14(13)21-17(15)19-11-18-16/h11-12H,1-10H2,(H,18,19,20). The van der Waals surface area contributed by atoms with Gasteiger partial charge < -0.3 is 5.32 Å². The highest BCUT2D eigenvalue weighted by Crippen LogP contribution is 2.39. The number of nitrogens with zero attached hydrogens (tertiary/aromatic N) is 2. The van der Waals surface area contributed by atoms with Crippen LogP contribution in [0.5, 0.6) is 0 Å². The van der Waals surface area contributed by atoms with Crippen LogP contribution in [-0.4, -0.2) is 16.0 Å². The lowest BCUT2D eigenvalue weighted by Crippen LogP contribution is -2.21. The second kappa shape index (κ2) is 5.91. The summed E-state index contributed by atoms with van der Waals surface area (Å²) < 4.78 is 0. The second-order valence-electron chi connectivity index (χ2n) is 6.45. The molecule has 0 saturated heterocycles. The quantitative estimate of drug-likeness (QED) is 0.873. The largest absolute Gasteiger partial charge is 0.367 e. The van der Waals surface area contributed by atoms with E-state index in [4.69, 9.17) is 0 Å². The van der Waals surface area contributed by atoms with Gasteiger partial charge in [-0.3, -0.25) is 0 Å². The molecule has 0 amide bonds. The first-order chi connectivity index (χ1) is 10.4. The molecule has 0 unspecified atom stereocenters. The number of rotatable bonds is 2. The van der Waals surface area contributed by atoms with E-state index in [-0.39, 0.29) is 0 Å². The summed E-state index contributed by atoms with van der Waals surface area (Å²) in [7, 11) is 0. The molecule has 0 bridgehead atoms. The average molecular weight is 301 g/mol. The van der Waals surface area contributed by atoms with Gasteiger partial charge in [0, 0.05) is 10.9 Å². The Morgan fingerprint density at radius 2 is 1.76 bits per heavy atom. The number of hydrogen-bond acceptors (Lipinski definition) is 4. The molecular weight excluding hydrogens is 278 g/mol. The molecule has 1 fully saturated rings. The average Bonchev–Trinajstić information content (AvgIpc) is 3.02. The Morgan fingerprint density at radius 3 is 2.62 bits per heavy atom. The molecule has 1 N–H and O–H groups in total. The number of aromatic nitrogens is 2. The van der Waals surface area contributed by atoms with Crippen molar-refractivity contribution in [1.29, 1.82) is 0 Å². The van der Waals surface area contributed by atoms with Gasteiger partial charge in [-0.05, 0) is 37.7 Å². The molecule has 2 aromatic heterocycles. The fraction of sp³-hybridized carbons (Fsp3) is 0.647. The Morgan fingerprint density at radius 1 is 0.952 bits per heavy atom. The lowest BCUT2D eigenvalue weighted by atomic mass is 9.96. The van der Waals surface area contributed by atoms with E-state index < -0.39 is 0 Å². The molecule has 0 aromatic carbocycles. The Kier molecular flexibility index (Phi) is 3.80. The molecule has 0 radical (unpaired) electrons. The van der Waals surface area contributed by atoms with Gasteiger partial charge in [0.2, 0.25) is 0 Å². The third-order valence-corrected chi connectivity index (χ3v) is 6.15. The van der Waals surface area contributed by atoms with Gasteiger partial charge >= 0.3 is 0 Å². The lowest BCUT2D eigenvalue weighted by molar-refractivity contribution is 0.471. The topological polar surface area (TPSA) is 37.8 Å². The molecule has 4 heteroatoms. The van der Waals surface area contributed by atoms with Crippen molar-refractivity contribution in [3.05, 3.63) is 16.8 Å². The van der Waals surface area contributed by atoms with E-state index in [1.165, 1.54) is 80.0 Å². The van der Waals surface area contributed by atoms with E-state index in [2.05, 4.69) is 15.3 Å². The first kappa shape index (κ1) is 13.5. The van der Waals surface area contributed by atoms with Crippen LogP contribution < -0.4 is 5.32 Å². The van der Waals surface area contributed by atoms with Crippen molar-refractivity contribution in [3.63, 3.8) is 0 Å². The number of fused-ring (bicyclic) bond motifs is 3. The van der Waals surface area contributed by atoms with Crippen LogP contribution in [0.2, 0.25) is 0 Å². The van der Waals surface area contributed by atoms with Crippen molar-refractivity contribution in [3.8, 4) is 0 Å². The molecule has 0 spiro atoms. The molecule has 0 atom stereocenters. The van der Waals surface area contributed by atoms with E-state index in [9.17, 15) is 0 Å². The predicted molar refractivity (Wildman–Crippen MR) is 89.2 cm³/mol. The molecular formula is C17H23N3S. The van der Waals surface area contributed by atoms with Gasteiger partial charge in [0.05, 0.1) is 5.39 Å². The van der Waals surface area contributed by atoms with Gasteiger partial charge in [0.1, 0.15) is 17.0 Å². The van der Waals surface area contributed by atoms with Crippen LogP contribution in [0.4, 0.5) is 5.82 Å². The Bertz CT molecular complexity index is 626. The number of hydrogen-bond donors (Lipinski definition) is 1. The van der Waals surface area contributed by atoms with Gasteiger partial charge in [-0.25, -0.2) is 9.97 Å². The Labute approximate surface area is 130 Å². The van der Waals surface area contributed by atoms with Crippen molar-refractivity contribution in [2.75, 3.05) is 5.32 Å². The molecule has 2 heterocycles. The summed E-state index contributed by atoms with van der Waals surface area (Å²) in [4.78, 5) is 11.8. The van der Waals surface area contributed by atoms with Crippen LogP contribution in [0.25, 0.3) is 10.2 Å². The summed E-state index contributed by atoms with van der Waals surface area (Å²) in [6.45, 7) is 0. The smallest absolute Gasteiger partial charge is 0.138 e. The number of nitrogens with one attached hydrogen (secondary N) is 1. The summed E-state index contributed by atoms with van der Waals surface area (Å²) in [5.74, 6) is 1.10. The minimum atomic E-state index is 0.598. The van der Waals surface area contributed by atoms with E-state index in [0.29, 0.717) is 6.04 Å². The van der Waals surface area contributed by atoms with E-state index >= 15 is 0 Å². The molecule has 4 rings (SSSR count). The highest BCUT2D eigenvalue weighted by atomic mass is 32.1. The molecule has 1 saturated carbocycles. The van der Waals surface area contributed by atoms with Crippen LogP contribution in [0.3, 0.4) is 0 Å². The lowest BCUT2D eigenvalue weighted by Gasteiger charge is -2.22. The summed E-state index contributed by atoms with van der Waals surface area (Å²) in [5, 5.41) is 5.09. The SMILES string of the molecule is c1nc(NC2CCCCCCC2)c2c3c(sc2n1)CCC3. The minimum Gasteiger partial charge on any atom is -0.367 e. The number of aryl methyl sites for hydroxylation is 2. The molecule has 21 heavy (non-hydrogen) atoms. The van der Waals surface area contributed by atoms with Crippen molar-refractivity contribution in [2.24, 2.45) is 0 Å². The molecule has 112 valence electrons. The highest BCUT2D eigenvalue weighted by molar-refractivity contribution is 7.19. The fourth-order valence-corrected chi connectivity index (χ4v) is 5.06. The monoisotopic (exact) mass is 301 g/mol. The molecule has 2 aliphatic rings. The molecule has 0 aliphatic heterocycles. The van der Waals surface area contributed by atoms with Crippen LogP contribution in [-0.2, 0) is 12.8 Å². The summed E-state index contributed by atoms with van der Waals surface area (Å²) >= 11 is 1.88. The van der Waals surface area contributed by atoms with Gasteiger partial charge in [-0.2, -0.15) is 0 Å². The normalized spacial score (nSPS) is 20.2. The zero-order valence-corrected chi connectivity index (χ0v) is 13.3. The fourth-order valence-electron chi connectivity index (χ4n) is 3.83. The van der Waals surface area contributed by atoms with Crippen molar-refractivity contribution < 1.29 is 0 Å². The van der Waals surface area contributed by atoms with Gasteiger partial charge in [-0.1, -0.05) is 32.1 Å². The maximum Gasteiger partial charge on any atom is 0.138 e. The zero-order valence-electron chi connectivity index (χ0n) is 12.5. The van der Waals surface area contributed by atoms with Crippen LogP contribution in [0.15, 0.2) is 6.33 Å².